The van der Waals surface area contributed by atoms with Crippen molar-refractivity contribution in [2.24, 2.45) is 17.6 Å². The number of carbonyl (C=O) groups is 2. The Kier molecular flexibility index (Phi) is 8.97. The van der Waals surface area contributed by atoms with Gasteiger partial charge >= 0.3 is 0 Å². The molecule has 2 amide bonds. The molecule has 0 atom stereocenters. The molecule has 0 spiro atoms. The number of carbonyl (C=O) groups excluding carboxylic acids is 2. The zero-order valence-corrected chi connectivity index (χ0v) is 23.2. The van der Waals surface area contributed by atoms with Crippen LogP contribution >= 0.6 is 11.6 Å². The van der Waals surface area contributed by atoms with Gasteiger partial charge in [0, 0.05) is 23.2 Å². The molecule has 0 saturated heterocycles. The Balaban J connectivity index is 1.30. The maximum Gasteiger partial charge on any atom is 0.255 e. The van der Waals surface area contributed by atoms with Crippen LogP contribution in [-0.4, -0.2) is 23.9 Å². The lowest BCUT2D eigenvalue weighted by Crippen LogP contribution is -2.38. The highest BCUT2D eigenvalue weighted by Crippen LogP contribution is 2.35. The van der Waals surface area contributed by atoms with Gasteiger partial charge < -0.3 is 16.4 Å². The van der Waals surface area contributed by atoms with Crippen LogP contribution in [-0.2, 0) is 5.41 Å². The fourth-order valence-corrected chi connectivity index (χ4v) is 5.95. The van der Waals surface area contributed by atoms with Gasteiger partial charge in [0.25, 0.3) is 11.8 Å². The minimum atomic E-state index is -0.252. The highest BCUT2D eigenvalue weighted by Gasteiger charge is 2.27. The van der Waals surface area contributed by atoms with Crippen LogP contribution in [0.4, 0.5) is 5.69 Å². The van der Waals surface area contributed by atoms with E-state index in [2.05, 4.69) is 31.4 Å². The minimum absolute atomic E-state index is 0.0172. The van der Waals surface area contributed by atoms with Gasteiger partial charge in [-0.05, 0) is 111 Å². The third kappa shape index (κ3) is 7.58. The van der Waals surface area contributed by atoms with Crippen LogP contribution in [0, 0.1) is 11.8 Å². The molecule has 200 valence electrons. The predicted octanol–water partition coefficient (Wildman–Crippen LogP) is 7.09. The molecule has 2 aromatic rings. The van der Waals surface area contributed by atoms with E-state index in [1.54, 1.807) is 18.2 Å². The molecule has 0 aliphatic heterocycles. The second kappa shape index (κ2) is 12.0. The van der Waals surface area contributed by atoms with E-state index in [1.165, 1.54) is 44.9 Å². The maximum atomic E-state index is 13.0. The first kappa shape index (κ1) is 27.7. The number of anilines is 1. The summed E-state index contributed by atoms with van der Waals surface area (Å²) < 4.78 is 0. The van der Waals surface area contributed by atoms with Gasteiger partial charge in [-0.25, -0.2) is 0 Å². The molecule has 2 aliphatic rings. The van der Waals surface area contributed by atoms with Crippen molar-refractivity contribution < 1.29 is 9.59 Å². The number of hydrogen-bond donors (Lipinski definition) is 3. The van der Waals surface area contributed by atoms with Crippen LogP contribution in [0.3, 0.4) is 0 Å². The van der Waals surface area contributed by atoms with Crippen molar-refractivity contribution >= 4 is 29.1 Å². The highest BCUT2D eigenvalue weighted by molar-refractivity contribution is 6.34. The van der Waals surface area contributed by atoms with E-state index in [0.29, 0.717) is 27.9 Å². The van der Waals surface area contributed by atoms with Crippen molar-refractivity contribution in [3.63, 3.8) is 0 Å². The number of halogens is 1. The van der Waals surface area contributed by atoms with Gasteiger partial charge in [0.2, 0.25) is 0 Å². The van der Waals surface area contributed by atoms with Gasteiger partial charge in [0.15, 0.2) is 0 Å². The molecule has 37 heavy (non-hydrogen) atoms. The number of benzene rings is 2. The Morgan fingerprint density at radius 1 is 0.838 bits per heavy atom. The Bertz CT molecular complexity index is 1080. The van der Waals surface area contributed by atoms with E-state index in [1.807, 2.05) is 24.3 Å². The normalized spacial score (nSPS) is 24.4. The molecule has 2 aromatic carbocycles. The Labute approximate surface area is 226 Å². The molecule has 0 radical (unpaired) electrons. The fourth-order valence-electron chi connectivity index (χ4n) is 5.78. The van der Waals surface area contributed by atoms with E-state index < -0.39 is 0 Å². The maximum absolute atomic E-state index is 13.0. The molecule has 0 aromatic heterocycles. The Hall–Kier alpha value is -2.37. The summed E-state index contributed by atoms with van der Waals surface area (Å²) in [7, 11) is 0. The molecule has 0 unspecified atom stereocenters. The number of hydrogen-bond acceptors (Lipinski definition) is 3. The molecular formula is C31H42ClN3O2. The average Bonchev–Trinajstić information content (AvgIpc) is 2.87. The summed E-state index contributed by atoms with van der Waals surface area (Å²) in [6, 6.07) is 13.2. The van der Waals surface area contributed by atoms with Gasteiger partial charge in [0.05, 0.1) is 10.7 Å². The number of amides is 2. The van der Waals surface area contributed by atoms with E-state index in [-0.39, 0.29) is 23.3 Å². The van der Waals surface area contributed by atoms with Crippen molar-refractivity contribution in [2.75, 3.05) is 5.32 Å². The summed E-state index contributed by atoms with van der Waals surface area (Å²) in [4.78, 5) is 25.9. The Morgan fingerprint density at radius 2 is 1.41 bits per heavy atom. The van der Waals surface area contributed by atoms with E-state index in [0.717, 1.165) is 30.2 Å². The van der Waals surface area contributed by atoms with Gasteiger partial charge in [-0.1, -0.05) is 44.5 Å². The summed E-state index contributed by atoms with van der Waals surface area (Å²) in [5.74, 6) is 1.22. The molecule has 2 saturated carbocycles. The lowest BCUT2D eigenvalue weighted by Gasteiger charge is -2.33. The molecule has 2 fully saturated rings. The first-order chi connectivity index (χ1) is 17.6. The smallest absolute Gasteiger partial charge is 0.255 e. The number of nitrogens with two attached hydrogens (primary N) is 1. The molecule has 0 heterocycles. The molecule has 6 heteroatoms. The number of rotatable bonds is 6. The van der Waals surface area contributed by atoms with Crippen molar-refractivity contribution in [1.29, 1.82) is 0 Å². The first-order valence-electron chi connectivity index (χ1n) is 13.9. The van der Waals surface area contributed by atoms with E-state index in [4.69, 9.17) is 17.3 Å². The third-order valence-corrected chi connectivity index (χ3v) is 8.56. The van der Waals surface area contributed by atoms with Crippen molar-refractivity contribution in [3.8, 4) is 0 Å². The molecule has 4 rings (SSSR count). The average molecular weight is 524 g/mol. The second-order valence-corrected chi connectivity index (χ2v) is 12.6. The zero-order valence-electron chi connectivity index (χ0n) is 22.5. The fraction of sp³-hybridized carbons (Fsp3) is 0.548. The first-order valence-corrected chi connectivity index (χ1v) is 14.2. The highest BCUT2D eigenvalue weighted by atomic mass is 35.5. The summed E-state index contributed by atoms with van der Waals surface area (Å²) in [5, 5.41) is 6.48. The second-order valence-electron chi connectivity index (χ2n) is 12.2. The summed E-state index contributed by atoms with van der Waals surface area (Å²) in [6.07, 6.45) is 10.6. The quantitative estimate of drug-likeness (QED) is 0.378. The van der Waals surface area contributed by atoms with Gasteiger partial charge in [-0.15, -0.1) is 0 Å². The van der Waals surface area contributed by atoms with Crippen LogP contribution in [0.2, 0.25) is 5.02 Å². The summed E-state index contributed by atoms with van der Waals surface area (Å²) in [6.45, 7) is 6.41. The standard InChI is InChI=1S/C31H42ClN3O2/c1-31(2,3)24-11-8-22(9-12-24)29(36)35-28-19-23(10-17-27(28)32)30(37)34-26-15-6-21(7-16-26)18-20-4-13-25(33)14-5-20/h8-12,17,19-21,25-26H,4-7,13-16,18,33H2,1-3H3,(H,34,37)(H,35,36). The molecule has 2 aliphatic carbocycles. The van der Waals surface area contributed by atoms with Crippen molar-refractivity contribution in [1.82, 2.24) is 5.32 Å². The van der Waals surface area contributed by atoms with Gasteiger partial charge in [0.1, 0.15) is 0 Å². The summed E-state index contributed by atoms with van der Waals surface area (Å²) in [5.41, 5.74) is 8.73. The molecule has 0 bridgehead atoms. The molecule has 5 nitrogen and oxygen atoms in total. The van der Waals surface area contributed by atoms with Crippen LogP contribution in [0.15, 0.2) is 42.5 Å². The van der Waals surface area contributed by atoms with Crippen LogP contribution in [0.5, 0.6) is 0 Å². The molecular weight excluding hydrogens is 482 g/mol. The SMILES string of the molecule is CC(C)(C)c1ccc(C(=O)Nc2cc(C(=O)NC3CCC(CC4CCC(N)CC4)CC3)ccc2Cl)cc1. The van der Waals surface area contributed by atoms with Crippen molar-refractivity contribution in [3.05, 3.63) is 64.2 Å². The van der Waals surface area contributed by atoms with E-state index in [9.17, 15) is 9.59 Å². The topological polar surface area (TPSA) is 84.2 Å². The minimum Gasteiger partial charge on any atom is -0.349 e. The zero-order chi connectivity index (χ0) is 26.6. The number of nitrogens with one attached hydrogen (secondary N) is 2. The van der Waals surface area contributed by atoms with Gasteiger partial charge in [-0.3, -0.25) is 9.59 Å². The predicted molar refractivity (Wildman–Crippen MR) is 152 cm³/mol. The van der Waals surface area contributed by atoms with Crippen LogP contribution in [0.1, 0.15) is 105 Å². The monoisotopic (exact) mass is 523 g/mol. The van der Waals surface area contributed by atoms with Crippen LogP contribution in [0.25, 0.3) is 0 Å². The summed E-state index contributed by atoms with van der Waals surface area (Å²) >= 11 is 6.36. The van der Waals surface area contributed by atoms with E-state index >= 15 is 0 Å². The largest absolute Gasteiger partial charge is 0.349 e. The van der Waals surface area contributed by atoms with Crippen LogP contribution < -0.4 is 16.4 Å². The molecule has 4 N–H and O–H groups in total. The van der Waals surface area contributed by atoms with Crippen molar-refractivity contribution in [2.45, 2.75) is 96.1 Å². The lowest BCUT2D eigenvalue weighted by molar-refractivity contribution is 0.0917. The third-order valence-electron chi connectivity index (χ3n) is 8.23. The lowest BCUT2D eigenvalue weighted by atomic mass is 9.76. The van der Waals surface area contributed by atoms with Gasteiger partial charge in [-0.2, -0.15) is 0 Å². The Morgan fingerprint density at radius 3 is 2.00 bits per heavy atom.